The van der Waals surface area contributed by atoms with Crippen molar-refractivity contribution in [3.8, 4) is 11.1 Å². The van der Waals surface area contributed by atoms with Crippen LogP contribution in [0.3, 0.4) is 0 Å². The summed E-state index contributed by atoms with van der Waals surface area (Å²) in [5.41, 5.74) is 1.43. The molecule has 2 N–H and O–H groups in total. The van der Waals surface area contributed by atoms with E-state index >= 15 is 0 Å². The van der Waals surface area contributed by atoms with Crippen LogP contribution >= 0.6 is 11.6 Å². The molecule has 1 heterocycles. The predicted octanol–water partition coefficient (Wildman–Crippen LogP) is 4.82. The second-order valence-electron chi connectivity index (χ2n) is 4.45. The van der Waals surface area contributed by atoms with E-state index in [4.69, 9.17) is 11.6 Å². The Morgan fingerprint density at radius 2 is 1.75 bits per heavy atom. The van der Waals surface area contributed by atoms with Gasteiger partial charge in [0.1, 0.15) is 0 Å². The van der Waals surface area contributed by atoms with Gasteiger partial charge < -0.3 is 10.6 Å². The van der Waals surface area contributed by atoms with Gasteiger partial charge in [0, 0.05) is 0 Å². The molecule has 0 amide bonds. The van der Waals surface area contributed by atoms with E-state index in [1.165, 1.54) is 18.2 Å². The Bertz CT molecular complexity index is 668. The lowest BCUT2D eigenvalue weighted by atomic mass is 9.98. The van der Waals surface area contributed by atoms with Crippen LogP contribution in [0.5, 0.6) is 0 Å². The first-order valence-corrected chi connectivity index (χ1v) is 6.32. The minimum absolute atomic E-state index is 0.0847. The minimum Gasteiger partial charge on any atom is -0.366 e. The van der Waals surface area contributed by atoms with Crippen LogP contribution in [0.25, 0.3) is 11.1 Å². The van der Waals surface area contributed by atoms with E-state index < -0.39 is 11.7 Å². The Kier molecular flexibility index (Phi) is 3.01. The number of anilines is 2. The molecule has 0 aliphatic carbocycles. The highest BCUT2D eigenvalue weighted by atomic mass is 35.5. The molecule has 0 atom stereocenters. The third kappa shape index (κ3) is 2.18. The maximum atomic E-state index is 13.2. The monoisotopic (exact) mass is 298 g/mol. The number of hydrogen-bond donors (Lipinski definition) is 2. The van der Waals surface area contributed by atoms with E-state index in [0.29, 0.717) is 12.2 Å². The second kappa shape index (κ2) is 4.59. The van der Waals surface area contributed by atoms with Crippen LogP contribution in [0.2, 0.25) is 5.02 Å². The topological polar surface area (TPSA) is 24.1 Å². The number of alkyl halides is 3. The number of fused-ring (bicyclic) bond motifs is 1. The molecule has 2 aromatic rings. The number of hydrogen-bond acceptors (Lipinski definition) is 2. The molecule has 0 bridgehead atoms. The van der Waals surface area contributed by atoms with Crippen LogP contribution in [-0.2, 0) is 6.18 Å². The van der Waals surface area contributed by atoms with E-state index in [0.717, 1.165) is 11.4 Å². The van der Waals surface area contributed by atoms with E-state index in [1.807, 2.05) is 0 Å². The van der Waals surface area contributed by atoms with Gasteiger partial charge in [0.25, 0.3) is 0 Å². The van der Waals surface area contributed by atoms with Crippen molar-refractivity contribution in [1.29, 1.82) is 0 Å². The van der Waals surface area contributed by atoms with Gasteiger partial charge >= 0.3 is 6.18 Å². The zero-order valence-electron chi connectivity index (χ0n) is 10.2. The van der Waals surface area contributed by atoms with Gasteiger partial charge in [-0.15, -0.1) is 0 Å². The van der Waals surface area contributed by atoms with Gasteiger partial charge in [-0.05, 0) is 29.3 Å². The molecule has 20 heavy (non-hydrogen) atoms. The average molecular weight is 299 g/mol. The van der Waals surface area contributed by atoms with E-state index in [1.54, 1.807) is 18.2 Å². The molecule has 0 saturated heterocycles. The zero-order chi connectivity index (χ0) is 14.3. The standard InChI is InChI=1S/C14H10ClF3N2/c15-10-3-1-2-9(13(10)14(16,17)18)8-4-5-11-12(6-8)20-7-19-11/h1-6,19-20H,7H2. The molecule has 0 aromatic heterocycles. The van der Waals surface area contributed by atoms with Crippen molar-refractivity contribution < 1.29 is 13.2 Å². The maximum absolute atomic E-state index is 13.2. The fraction of sp³-hybridized carbons (Fsp3) is 0.143. The van der Waals surface area contributed by atoms with Crippen molar-refractivity contribution >= 4 is 23.0 Å². The van der Waals surface area contributed by atoms with E-state index in [-0.39, 0.29) is 10.6 Å². The summed E-state index contributed by atoms with van der Waals surface area (Å²) in [5.74, 6) is 0. The van der Waals surface area contributed by atoms with Crippen molar-refractivity contribution in [2.45, 2.75) is 6.18 Å². The molecule has 104 valence electrons. The minimum atomic E-state index is -4.49. The van der Waals surface area contributed by atoms with Crippen LogP contribution in [0.4, 0.5) is 24.5 Å². The number of halogens is 4. The molecular formula is C14H10ClF3N2. The Labute approximate surface area is 118 Å². The van der Waals surface area contributed by atoms with Gasteiger partial charge in [0.05, 0.1) is 28.6 Å². The molecule has 3 rings (SSSR count). The van der Waals surface area contributed by atoms with Crippen LogP contribution in [0.1, 0.15) is 5.56 Å². The Morgan fingerprint density at radius 1 is 1.00 bits per heavy atom. The highest BCUT2D eigenvalue weighted by Crippen LogP contribution is 2.42. The second-order valence-corrected chi connectivity index (χ2v) is 4.86. The van der Waals surface area contributed by atoms with E-state index in [9.17, 15) is 13.2 Å². The molecule has 1 aliphatic rings. The Morgan fingerprint density at radius 3 is 2.50 bits per heavy atom. The summed E-state index contributed by atoms with van der Waals surface area (Å²) in [5, 5.41) is 5.84. The number of nitrogens with one attached hydrogen (secondary N) is 2. The molecule has 6 heteroatoms. The van der Waals surface area contributed by atoms with Crippen molar-refractivity contribution in [3.05, 3.63) is 47.0 Å². The molecule has 1 aliphatic heterocycles. The average Bonchev–Trinajstić information content (AvgIpc) is 2.83. The fourth-order valence-corrected chi connectivity index (χ4v) is 2.58. The molecular weight excluding hydrogens is 289 g/mol. The highest BCUT2D eigenvalue weighted by Gasteiger charge is 2.36. The van der Waals surface area contributed by atoms with Crippen molar-refractivity contribution in [2.75, 3.05) is 17.3 Å². The van der Waals surface area contributed by atoms with Crippen LogP contribution in [0, 0.1) is 0 Å². The third-order valence-corrected chi connectivity index (χ3v) is 3.50. The summed E-state index contributed by atoms with van der Waals surface area (Å²) < 4.78 is 39.5. The van der Waals surface area contributed by atoms with E-state index in [2.05, 4.69) is 10.6 Å². The first kappa shape index (κ1) is 13.1. The number of rotatable bonds is 1. The van der Waals surface area contributed by atoms with Gasteiger partial charge in [-0.3, -0.25) is 0 Å². The Hall–Kier alpha value is -1.88. The summed E-state index contributed by atoms with van der Waals surface area (Å²) in [6.07, 6.45) is -4.49. The van der Waals surface area contributed by atoms with Gasteiger partial charge in [0.2, 0.25) is 0 Å². The smallest absolute Gasteiger partial charge is 0.366 e. The molecule has 0 fully saturated rings. The van der Waals surface area contributed by atoms with Gasteiger partial charge in [-0.2, -0.15) is 13.2 Å². The highest BCUT2D eigenvalue weighted by molar-refractivity contribution is 6.31. The molecule has 0 radical (unpaired) electrons. The lowest BCUT2D eigenvalue weighted by molar-refractivity contribution is -0.137. The van der Waals surface area contributed by atoms with Crippen molar-refractivity contribution in [2.24, 2.45) is 0 Å². The molecule has 0 saturated carbocycles. The summed E-state index contributed by atoms with van der Waals surface area (Å²) in [6, 6.07) is 9.30. The number of benzene rings is 2. The lowest BCUT2D eigenvalue weighted by Gasteiger charge is -2.15. The predicted molar refractivity (Wildman–Crippen MR) is 74.0 cm³/mol. The molecule has 2 aromatic carbocycles. The summed E-state index contributed by atoms with van der Waals surface area (Å²) in [6.45, 7) is 0.570. The van der Waals surface area contributed by atoms with Gasteiger partial charge in [-0.25, -0.2) is 0 Å². The SMILES string of the molecule is FC(F)(F)c1c(Cl)cccc1-c1ccc2c(c1)NCN2. The quantitative estimate of drug-likeness (QED) is 0.788. The first-order chi connectivity index (χ1) is 9.47. The van der Waals surface area contributed by atoms with Gasteiger partial charge in [0.15, 0.2) is 0 Å². The largest absolute Gasteiger partial charge is 0.418 e. The summed E-state index contributed by atoms with van der Waals surface area (Å²) >= 11 is 5.73. The Balaban J connectivity index is 2.18. The summed E-state index contributed by atoms with van der Waals surface area (Å²) in [7, 11) is 0. The first-order valence-electron chi connectivity index (χ1n) is 5.95. The lowest BCUT2D eigenvalue weighted by Crippen LogP contribution is -2.08. The van der Waals surface area contributed by atoms with Crippen molar-refractivity contribution in [3.63, 3.8) is 0 Å². The summed E-state index contributed by atoms with van der Waals surface area (Å²) in [4.78, 5) is 0. The van der Waals surface area contributed by atoms with Gasteiger partial charge in [-0.1, -0.05) is 29.8 Å². The van der Waals surface area contributed by atoms with Crippen LogP contribution < -0.4 is 10.6 Å². The molecule has 0 unspecified atom stereocenters. The maximum Gasteiger partial charge on any atom is 0.418 e. The van der Waals surface area contributed by atoms with Crippen LogP contribution in [-0.4, -0.2) is 6.67 Å². The zero-order valence-corrected chi connectivity index (χ0v) is 10.9. The van der Waals surface area contributed by atoms with Crippen LogP contribution in [0.15, 0.2) is 36.4 Å². The molecule has 0 spiro atoms. The fourth-order valence-electron chi connectivity index (χ4n) is 2.30. The normalized spacial score (nSPS) is 13.6. The third-order valence-electron chi connectivity index (χ3n) is 3.19. The van der Waals surface area contributed by atoms with Crippen molar-refractivity contribution in [1.82, 2.24) is 0 Å². The molecule has 2 nitrogen and oxygen atoms in total.